The van der Waals surface area contributed by atoms with E-state index in [1.54, 1.807) is 79.3 Å². The van der Waals surface area contributed by atoms with Crippen molar-refractivity contribution in [2.75, 3.05) is 106 Å². The smallest absolute Gasteiger partial charge is 0.422 e. The van der Waals surface area contributed by atoms with Gasteiger partial charge in [0.15, 0.2) is 12.4 Å². The average molecular weight is 2130 g/mol. The third-order valence-corrected chi connectivity index (χ3v) is 17.0. The van der Waals surface area contributed by atoms with E-state index in [2.05, 4.69) is 107 Å². The summed E-state index contributed by atoms with van der Waals surface area (Å²) in [7, 11) is 0. The molecule has 3 rings (SSSR count). The zero-order valence-electron chi connectivity index (χ0n) is 79.9. The number of carbonyl (C=O) groups excluding carboxylic acids is 13. The second-order valence-corrected chi connectivity index (χ2v) is 38.4. The number of halogens is 5. The van der Waals surface area contributed by atoms with Gasteiger partial charge < -0.3 is 31.2 Å². The van der Waals surface area contributed by atoms with Crippen LogP contribution in [0.1, 0.15) is 184 Å². The van der Waals surface area contributed by atoms with E-state index in [1.807, 2.05) is 190 Å². The number of alkyl halides is 4. The Labute approximate surface area is 804 Å². The maximum absolute atomic E-state index is 13.0. The van der Waals surface area contributed by atoms with E-state index in [0.717, 1.165) is 11.1 Å². The summed E-state index contributed by atoms with van der Waals surface area (Å²) >= 11 is 12.3. The molecule has 37 nitrogen and oxygen atoms in total. The molecule has 730 valence electrons. The van der Waals surface area contributed by atoms with Crippen LogP contribution in [0, 0.1) is 47.3 Å². The van der Waals surface area contributed by atoms with Gasteiger partial charge in [0.25, 0.3) is 29.5 Å². The molecule has 13 amide bonds. The maximum Gasteiger partial charge on any atom is 0.422 e. The molecule has 3 aromatic rings. The number of hydrogen-bond donors (Lipinski definition) is 10. The Balaban J connectivity index is -0.00000154. The highest BCUT2D eigenvalue weighted by Gasteiger charge is 2.30. The lowest BCUT2D eigenvalue weighted by Crippen LogP contribution is -3.00. The molecular weight excluding hydrogens is 1980 g/mol. The van der Waals surface area contributed by atoms with Crippen LogP contribution in [-0.2, 0) is 81.8 Å². The molecule has 0 radical (unpaired) electrons. The van der Waals surface area contributed by atoms with Crippen molar-refractivity contribution in [3.8, 4) is 0 Å². The second-order valence-electron chi connectivity index (χ2n) is 36.2. The molecule has 128 heavy (non-hydrogen) atoms. The molecule has 42 heteroatoms. The van der Waals surface area contributed by atoms with Crippen LogP contribution >= 0.6 is 63.7 Å². The molecule has 2 aromatic carbocycles. The number of aromatic nitrogens is 1. The Morgan fingerprint density at radius 2 is 0.531 bits per heavy atom. The van der Waals surface area contributed by atoms with Gasteiger partial charge in [-0.3, -0.25) is 118 Å². The van der Waals surface area contributed by atoms with Crippen LogP contribution in [0.4, 0.5) is 14.4 Å². The second kappa shape index (κ2) is 66.6. The van der Waals surface area contributed by atoms with Crippen LogP contribution in [0.3, 0.4) is 0 Å². The highest BCUT2D eigenvalue weighted by atomic mass is 79.9. The SMILES string of the molecule is CC(C)CN(CC(=O)N(CC(C)C)NC(=O)CBr)NC(=O)OC(C)(C)C.CC(C)CN(CC(=O)N(CC(C)C)NC(=O)C[n+]1ccccc1)NC(=O)OC(C)(C)C.CC(C)CN(CC(=O)N(Cc1ccccc1)NC(=O)CBr)NC(=O)OC(C)(C)C.CC(C)CN(N)CC(=O)N(CC(C)C)NC(=O)CBr.CC(C)CN(N)CC(=O)N(Cc1ccccc1)NC(=O)CBr.[Br-]. The molecule has 0 aliphatic carbocycles. The van der Waals surface area contributed by atoms with Gasteiger partial charge in [-0.25, -0.2) is 49.4 Å². The Kier molecular flexibility index (Phi) is 64.7. The van der Waals surface area contributed by atoms with E-state index >= 15 is 0 Å². The zero-order chi connectivity index (χ0) is 97.7. The van der Waals surface area contributed by atoms with Crippen molar-refractivity contribution in [2.24, 2.45) is 59.0 Å². The van der Waals surface area contributed by atoms with Crippen LogP contribution in [0.25, 0.3) is 0 Å². The molecule has 0 aliphatic heterocycles. The fraction of sp³-hybridized carbons (Fsp3) is 0.651. The highest BCUT2D eigenvalue weighted by Crippen LogP contribution is 2.14. The van der Waals surface area contributed by atoms with Gasteiger partial charge in [-0.2, -0.15) is 4.57 Å². The van der Waals surface area contributed by atoms with Crippen molar-refractivity contribution >= 4 is 141 Å². The molecule has 0 aliphatic rings. The monoisotopic (exact) mass is 2130 g/mol. The van der Waals surface area contributed by atoms with Crippen molar-refractivity contribution < 1.29 is 98.1 Å². The van der Waals surface area contributed by atoms with Crippen molar-refractivity contribution in [3.05, 3.63) is 102 Å². The first-order chi connectivity index (χ1) is 58.9. The van der Waals surface area contributed by atoms with Crippen LogP contribution in [-0.4, -0.2) is 251 Å². The summed E-state index contributed by atoms with van der Waals surface area (Å²) < 4.78 is 17.5. The zero-order valence-corrected chi connectivity index (χ0v) is 87.8. The van der Waals surface area contributed by atoms with E-state index in [-0.39, 0.29) is 179 Å². The number of pyridine rings is 1. The van der Waals surface area contributed by atoms with Crippen molar-refractivity contribution in [3.63, 3.8) is 0 Å². The van der Waals surface area contributed by atoms with Gasteiger partial charge in [0.2, 0.25) is 30.2 Å². The highest BCUT2D eigenvalue weighted by molar-refractivity contribution is 9.10. The first-order valence-corrected chi connectivity index (χ1v) is 46.8. The number of benzene rings is 2. The molecular formula is C86H150Br5N21O16. The van der Waals surface area contributed by atoms with Gasteiger partial charge in [0.1, 0.15) is 16.8 Å². The minimum absolute atomic E-state index is 0. The fourth-order valence-electron chi connectivity index (χ4n) is 10.6. The van der Waals surface area contributed by atoms with Gasteiger partial charge in [-0.05, 0) is 121 Å². The average Bonchev–Trinajstić information content (AvgIpc) is 0.917. The number of rotatable bonds is 39. The van der Waals surface area contributed by atoms with Gasteiger partial charge in [0.05, 0.1) is 67.1 Å². The summed E-state index contributed by atoms with van der Waals surface area (Å²) in [5, 5.41) is 14.4. The summed E-state index contributed by atoms with van der Waals surface area (Å²) in [5.74, 6) is 10.6. The first-order valence-electron chi connectivity index (χ1n) is 42.3. The van der Waals surface area contributed by atoms with E-state index in [9.17, 15) is 62.3 Å². The quantitative estimate of drug-likeness (QED) is 0.0102. The van der Waals surface area contributed by atoms with E-state index < -0.39 is 35.1 Å². The largest absolute Gasteiger partial charge is 1.00 e. The lowest BCUT2D eigenvalue weighted by Gasteiger charge is -2.30. The number of hydrazine groups is 10. The maximum atomic E-state index is 13.0. The summed E-state index contributed by atoms with van der Waals surface area (Å²) in [6, 6.07) is 24.3. The molecule has 0 saturated heterocycles. The number of nitrogens with one attached hydrogen (secondary N) is 8. The Hall–Kier alpha value is -7.78. The van der Waals surface area contributed by atoms with Crippen molar-refractivity contribution in [1.82, 2.24) is 93.5 Å². The Bertz CT molecular complexity index is 3740. The normalized spacial score (nSPS) is 11.2. The molecule has 0 unspecified atom stereocenters. The standard InChI is InChI=1S/C22H37N5O4.C20H31BrN4O4.C17H33BrN4O4.C15H23BrN4O2.C12H25BrN4O2.BrH/c1-17(2)13-26(24-21(30)31-22(5,6)7)16-20(29)27(14-18(3)4)23-19(28)15-25-11-9-8-10-12-25;1-15(2)12-24(23-19(28)29-20(3,4)5)14-18(27)25(22-17(26)11-21)13-16-9-7-6-8-10-16;1-12(2)9-21(20-16(25)26-17(5,6)7)11-15(24)22(10-13(3)4)19-14(23)8-18;1-12(2)9-19(17)11-15(22)20(18-14(21)8-16)10-13-6-4-3-5-7-13;1-9(2)6-16(14)8-12(19)17(7-10(3)4)15-11(18)5-13;/h8-12,17-18H,13-16H2,1-7H3,(H-,23,24,28,30);6-10,15H,11-14H2,1-5H3,(H,22,26)(H,23,28);12-13H,8-11H2,1-7H3,(H,19,23)(H,20,25);3-7,12H,8-11,17H2,1-2H3,(H,18,21);9-10H,5-8,14H2,1-4H3,(H,15,18);1H. The fourth-order valence-corrected chi connectivity index (χ4v) is 11.1. The number of hydrogen-bond acceptors (Lipinski definition) is 23. The molecule has 0 atom stereocenters. The molecule has 1 heterocycles. The van der Waals surface area contributed by atoms with E-state index in [1.165, 1.54) is 50.1 Å². The lowest BCUT2D eigenvalue weighted by molar-refractivity contribution is -0.684. The third-order valence-electron chi connectivity index (χ3n) is 15.0. The number of nitrogens with two attached hydrogens (primary N) is 2. The van der Waals surface area contributed by atoms with E-state index in [0.29, 0.717) is 70.7 Å². The van der Waals surface area contributed by atoms with E-state index in [4.69, 9.17) is 25.9 Å². The van der Waals surface area contributed by atoms with Crippen LogP contribution in [0.5, 0.6) is 0 Å². The van der Waals surface area contributed by atoms with Crippen molar-refractivity contribution in [2.45, 2.75) is 210 Å². The summed E-state index contributed by atoms with van der Waals surface area (Å²) in [6.07, 6.45) is 1.68. The molecule has 1 aromatic heterocycles. The predicted octanol–water partition coefficient (Wildman–Crippen LogP) is 6.03. The Morgan fingerprint density at radius 3 is 0.773 bits per heavy atom. The number of ether oxygens (including phenoxy) is 3. The minimum atomic E-state index is -0.652. The molecule has 0 bridgehead atoms. The number of nitrogens with zero attached hydrogens (tertiary/aromatic N) is 11. The van der Waals surface area contributed by atoms with Crippen LogP contribution in [0.15, 0.2) is 91.3 Å². The molecule has 12 N–H and O–H groups in total. The topological polar surface area (TPSA) is 434 Å². The van der Waals surface area contributed by atoms with Crippen LogP contribution in [0.2, 0.25) is 0 Å². The summed E-state index contributed by atoms with van der Waals surface area (Å²) in [5.41, 5.74) is 20.8. The third kappa shape index (κ3) is 67.4. The van der Waals surface area contributed by atoms with Gasteiger partial charge in [0, 0.05) is 64.5 Å². The molecule has 0 saturated carbocycles. The van der Waals surface area contributed by atoms with Gasteiger partial charge in [-0.15, -0.1) is 0 Å². The van der Waals surface area contributed by atoms with Gasteiger partial charge >= 0.3 is 24.2 Å². The predicted molar refractivity (Wildman–Crippen MR) is 505 cm³/mol. The first kappa shape index (κ1) is 124. The molecule has 0 spiro atoms. The lowest BCUT2D eigenvalue weighted by atomic mass is 10.2. The minimum Gasteiger partial charge on any atom is -1.00 e. The summed E-state index contributed by atoms with van der Waals surface area (Å²) in [6.45, 7) is 51.9. The van der Waals surface area contributed by atoms with Crippen LogP contribution < -0.4 is 76.6 Å². The molecule has 0 fully saturated rings. The van der Waals surface area contributed by atoms with Crippen molar-refractivity contribution in [1.29, 1.82) is 0 Å². The Morgan fingerprint density at radius 1 is 0.312 bits per heavy atom. The van der Waals surface area contributed by atoms with Gasteiger partial charge in [-0.1, -0.05) is 241 Å². The number of amides is 13. The number of carbonyl (C=O) groups is 13. The summed E-state index contributed by atoms with van der Waals surface area (Å²) in [4.78, 5) is 158.